The number of benzene rings is 3. The first kappa shape index (κ1) is 17.1. The number of carbonyl (C=O) groups excluding carboxylic acids is 1. The topological polar surface area (TPSA) is 75.7 Å². The molecule has 7 heteroatoms. The van der Waals surface area contributed by atoms with Gasteiger partial charge in [0, 0.05) is 0 Å². The molecule has 0 aromatic heterocycles. The molecule has 1 aliphatic heterocycles. The molecule has 3 aromatic carbocycles. The van der Waals surface area contributed by atoms with Gasteiger partial charge in [-0.3, -0.25) is 9.10 Å². The van der Waals surface area contributed by atoms with Gasteiger partial charge in [-0.15, -0.1) is 0 Å². The number of fused-ring (bicyclic) bond motifs is 1. The normalized spacial score (nSPS) is 13.6. The quantitative estimate of drug-likeness (QED) is 0.750. The van der Waals surface area contributed by atoms with E-state index in [0.29, 0.717) is 22.9 Å². The van der Waals surface area contributed by atoms with Crippen molar-refractivity contribution in [3.63, 3.8) is 0 Å². The van der Waals surface area contributed by atoms with Crippen molar-refractivity contribution < 1.29 is 17.9 Å². The Labute approximate surface area is 157 Å². The fraction of sp³-hybridized carbons (Fsp3) is 0.0500. The first-order valence-corrected chi connectivity index (χ1v) is 9.73. The standard InChI is InChI=1S/C20H16N2O4S/c23-20-14-22(19-9-5-4-8-18(19)21-20)27(24,25)17-12-10-16(11-13-17)26-15-6-2-1-3-7-15/h1-13H,14H2,(H,21,23). The molecule has 4 rings (SSSR count). The van der Waals surface area contributed by atoms with E-state index in [1.54, 1.807) is 36.4 Å². The van der Waals surface area contributed by atoms with E-state index in [2.05, 4.69) is 5.32 Å². The number of anilines is 2. The van der Waals surface area contributed by atoms with E-state index >= 15 is 0 Å². The Morgan fingerprint density at radius 3 is 2.19 bits per heavy atom. The molecule has 1 amide bonds. The monoisotopic (exact) mass is 380 g/mol. The van der Waals surface area contributed by atoms with E-state index in [1.807, 2.05) is 30.3 Å². The highest BCUT2D eigenvalue weighted by molar-refractivity contribution is 7.92. The molecule has 0 radical (unpaired) electrons. The molecule has 1 heterocycles. The van der Waals surface area contributed by atoms with Crippen LogP contribution in [0.15, 0.2) is 83.8 Å². The van der Waals surface area contributed by atoms with Crippen molar-refractivity contribution in [1.82, 2.24) is 0 Å². The Hall–Kier alpha value is -3.32. The van der Waals surface area contributed by atoms with Gasteiger partial charge in [0.1, 0.15) is 18.0 Å². The summed E-state index contributed by atoms with van der Waals surface area (Å²) < 4.78 is 33.0. The lowest BCUT2D eigenvalue weighted by atomic mass is 10.2. The SMILES string of the molecule is O=C1CN(S(=O)(=O)c2ccc(Oc3ccccc3)cc2)c2ccccc2N1. The summed E-state index contributed by atoms with van der Waals surface area (Å²) in [7, 11) is -3.88. The third-order valence-corrected chi connectivity index (χ3v) is 5.90. The summed E-state index contributed by atoms with van der Waals surface area (Å²) in [4.78, 5) is 12.0. The molecule has 0 saturated carbocycles. The molecule has 3 aromatic rings. The van der Waals surface area contributed by atoms with Crippen LogP contribution in [0, 0.1) is 0 Å². The lowest BCUT2D eigenvalue weighted by Gasteiger charge is -2.30. The van der Waals surface area contributed by atoms with Gasteiger partial charge in [-0.25, -0.2) is 8.42 Å². The highest BCUT2D eigenvalue weighted by Crippen LogP contribution is 2.33. The van der Waals surface area contributed by atoms with Gasteiger partial charge < -0.3 is 10.1 Å². The summed E-state index contributed by atoms with van der Waals surface area (Å²) >= 11 is 0. The molecule has 27 heavy (non-hydrogen) atoms. The van der Waals surface area contributed by atoms with Crippen molar-refractivity contribution in [1.29, 1.82) is 0 Å². The highest BCUT2D eigenvalue weighted by Gasteiger charge is 2.32. The van der Waals surface area contributed by atoms with Crippen LogP contribution in [0.2, 0.25) is 0 Å². The average molecular weight is 380 g/mol. The minimum atomic E-state index is -3.88. The summed E-state index contributed by atoms with van der Waals surface area (Å²) in [5, 5.41) is 2.68. The van der Waals surface area contributed by atoms with Crippen LogP contribution in [0.4, 0.5) is 11.4 Å². The number of para-hydroxylation sites is 3. The molecule has 136 valence electrons. The van der Waals surface area contributed by atoms with E-state index in [0.717, 1.165) is 4.31 Å². The van der Waals surface area contributed by atoms with Gasteiger partial charge in [0.15, 0.2) is 0 Å². The second-order valence-electron chi connectivity index (χ2n) is 5.96. The van der Waals surface area contributed by atoms with Crippen LogP contribution < -0.4 is 14.4 Å². The van der Waals surface area contributed by atoms with E-state index in [-0.39, 0.29) is 17.3 Å². The number of hydrogen-bond donors (Lipinski definition) is 1. The van der Waals surface area contributed by atoms with E-state index in [9.17, 15) is 13.2 Å². The molecule has 0 fully saturated rings. The minimum absolute atomic E-state index is 0.0902. The van der Waals surface area contributed by atoms with E-state index in [4.69, 9.17) is 4.74 Å². The molecule has 1 N–H and O–H groups in total. The van der Waals surface area contributed by atoms with Crippen LogP contribution in [0.1, 0.15) is 0 Å². The van der Waals surface area contributed by atoms with Crippen molar-refractivity contribution in [2.45, 2.75) is 4.90 Å². The van der Waals surface area contributed by atoms with Crippen molar-refractivity contribution in [3.8, 4) is 11.5 Å². The van der Waals surface area contributed by atoms with Gasteiger partial charge in [0.25, 0.3) is 10.0 Å². The van der Waals surface area contributed by atoms with Crippen LogP contribution >= 0.6 is 0 Å². The van der Waals surface area contributed by atoms with Gasteiger partial charge in [0.2, 0.25) is 5.91 Å². The Bertz CT molecular complexity index is 1080. The Morgan fingerprint density at radius 1 is 0.815 bits per heavy atom. The van der Waals surface area contributed by atoms with Gasteiger partial charge >= 0.3 is 0 Å². The summed E-state index contributed by atoms with van der Waals surface area (Å²) in [6.07, 6.45) is 0. The number of hydrogen-bond acceptors (Lipinski definition) is 4. The summed E-state index contributed by atoms with van der Waals surface area (Å²) in [6.45, 7) is -0.262. The minimum Gasteiger partial charge on any atom is -0.457 e. The zero-order chi connectivity index (χ0) is 18.9. The summed E-state index contributed by atoms with van der Waals surface area (Å²) in [5.74, 6) is 0.813. The molecule has 0 unspecified atom stereocenters. The highest BCUT2D eigenvalue weighted by atomic mass is 32.2. The number of rotatable bonds is 4. The molecule has 0 saturated heterocycles. The Kier molecular flexibility index (Phi) is 4.29. The zero-order valence-electron chi connectivity index (χ0n) is 14.2. The third kappa shape index (κ3) is 3.37. The van der Waals surface area contributed by atoms with E-state index < -0.39 is 10.0 Å². The van der Waals surface area contributed by atoms with E-state index in [1.165, 1.54) is 12.1 Å². The van der Waals surface area contributed by atoms with Crippen molar-refractivity contribution in [3.05, 3.63) is 78.9 Å². The lowest BCUT2D eigenvalue weighted by Crippen LogP contribution is -2.42. The number of sulfonamides is 1. The smallest absolute Gasteiger partial charge is 0.264 e. The first-order chi connectivity index (χ1) is 13.0. The molecule has 1 aliphatic rings. The first-order valence-electron chi connectivity index (χ1n) is 8.29. The van der Waals surface area contributed by atoms with Crippen LogP contribution in [-0.2, 0) is 14.8 Å². The predicted octanol–water partition coefficient (Wildman–Crippen LogP) is 3.63. The predicted molar refractivity (Wildman–Crippen MR) is 103 cm³/mol. The number of carbonyl (C=O) groups is 1. The largest absolute Gasteiger partial charge is 0.457 e. The number of nitrogens with zero attached hydrogens (tertiary/aromatic N) is 1. The van der Waals surface area contributed by atoms with Gasteiger partial charge in [-0.05, 0) is 48.5 Å². The van der Waals surface area contributed by atoms with Crippen LogP contribution in [0.3, 0.4) is 0 Å². The van der Waals surface area contributed by atoms with Gasteiger partial charge in [-0.2, -0.15) is 0 Å². The Balaban J connectivity index is 1.64. The molecule has 6 nitrogen and oxygen atoms in total. The molecule has 0 atom stereocenters. The zero-order valence-corrected chi connectivity index (χ0v) is 15.0. The number of ether oxygens (including phenoxy) is 1. The van der Waals surface area contributed by atoms with Gasteiger partial charge in [-0.1, -0.05) is 30.3 Å². The number of amides is 1. The number of nitrogens with one attached hydrogen (secondary N) is 1. The molecule has 0 bridgehead atoms. The molecular weight excluding hydrogens is 364 g/mol. The second-order valence-corrected chi connectivity index (χ2v) is 7.83. The average Bonchev–Trinajstić information content (AvgIpc) is 2.68. The molecular formula is C20H16N2O4S. The van der Waals surface area contributed by atoms with Crippen LogP contribution in [0.5, 0.6) is 11.5 Å². The summed E-state index contributed by atoms with van der Waals surface area (Å²) in [6, 6.07) is 22.2. The Morgan fingerprint density at radius 2 is 1.44 bits per heavy atom. The molecule has 0 spiro atoms. The maximum Gasteiger partial charge on any atom is 0.264 e. The van der Waals surface area contributed by atoms with Crippen LogP contribution in [0.25, 0.3) is 0 Å². The molecule has 0 aliphatic carbocycles. The second kappa shape index (κ2) is 6.77. The van der Waals surface area contributed by atoms with Crippen LogP contribution in [-0.4, -0.2) is 20.9 Å². The fourth-order valence-electron chi connectivity index (χ4n) is 2.85. The third-order valence-electron chi connectivity index (χ3n) is 4.12. The maximum atomic E-state index is 13.1. The van der Waals surface area contributed by atoms with Crippen molar-refractivity contribution in [2.24, 2.45) is 0 Å². The fourth-order valence-corrected chi connectivity index (χ4v) is 4.29. The maximum absolute atomic E-state index is 13.1. The van der Waals surface area contributed by atoms with Gasteiger partial charge in [0.05, 0.1) is 16.3 Å². The lowest BCUT2D eigenvalue weighted by molar-refractivity contribution is -0.115. The van der Waals surface area contributed by atoms with Crippen molar-refractivity contribution >= 4 is 27.3 Å². The summed E-state index contributed by atoms with van der Waals surface area (Å²) in [5.41, 5.74) is 0.920. The van der Waals surface area contributed by atoms with Crippen molar-refractivity contribution in [2.75, 3.05) is 16.2 Å².